The maximum atomic E-state index is 4.43. The van der Waals surface area contributed by atoms with Crippen molar-refractivity contribution in [2.24, 2.45) is 0 Å². The zero-order valence-electron chi connectivity index (χ0n) is 12.4. The molecule has 1 fully saturated rings. The topological polar surface area (TPSA) is 46.0 Å². The second-order valence-electron chi connectivity index (χ2n) is 5.60. The predicted molar refractivity (Wildman–Crippen MR) is 84.1 cm³/mol. The van der Waals surface area contributed by atoms with E-state index in [0.29, 0.717) is 0 Å². The Morgan fingerprint density at radius 3 is 2.67 bits per heavy atom. The molecule has 0 unspecified atom stereocenters. The van der Waals surface area contributed by atoms with Crippen LogP contribution in [0.3, 0.4) is 0 Å². The molecule has 1 N–H and O–H groups in total. The number of rotatable bonds is 6. The SMILES string of the molecule is c1cc(CNc2cnn(CCN3CCCCC3)c2)ccn1. The molecule has 2 aromatic heterocycles. The summed E-state index contributed by atoms with van der Waals surface area (Å²) in [4.78, 5) is 6.56. The van der Waals surface area contributed by atoms with E-state index in [1.54, 1.807) is 0 Å². The number of likely N-dealkylation sites (tertiary alicyclic amines) is 1. The highest BCUT2D eigenvalue weighted by atomic mass is 15.3. The molecule has 3 heterocycles. The van der Waals surface area contributed by atoms with Gasteiger partial charge in [0.25, 0.3) is 0 Å². The van der Waals surface area contributed by atoms with E-state index in [-0.39, 0.29) is 0 Å². The molecule has 112 valence electrons. The number of nitrogens with zero attached hydrogens (tertiary/aromatic N) is 4. The summed E-state index contributed by atoms with van der Waals surface area (Å²) in [7, 11) is 0. The molecule has 5 nitrogen and oxygen atoms in total. The van der Waals surface area contributed by atoms with Crippen LogP contribution < -0.4 is 5.32 Å². The van der Waals surface area contributed by atoms with Gasteiger partial charge in [-0.1, -0.05) is 6.42 Å². The van der Waals surface area contributed by atoms with Crippen molar-refractivity contribution >= 4 is 5.69 Å². The Kier molecular flexibility index (Phi) is 4.84. The van der Waals surface area contributed by atoms with Gasteiger partial charge in [-0.2, -0.15) is 5.10 Å². The summed E-state index contributed by atoms with van der Waals surface area (Å²) in [6.07, 6.45) is 11.7. The van der Waals surface area contributed by atoms with Gasteiger partial charge in [-0.05, 0) is 43.6 Å². The van der Waals surface area contributed by atoms with E-state index in [4.69, 9.17) is 0 Å². The van der Waals surface area contributed by atoms with Crippen LogP contribution in [0, 0.1) is 0 Å². The number of pyridine rings is 1. The molecule has 21 heavy (non-hydrogen) atoms. The van der Waals surface area contributed by atoms with Crippen LogP contribution in [0.5, 0.6) is 0 Å². The Labute approximate surface area is 126 Å². The Morgan fingerprint density at radius 1 is 1.05 bits per heavy atom. The smallest absolute Gasteiger partial charge is 0.0729 e. The zero-order valence-corrected chi connectivity index (χ0v) is 12.4. The van der Waals surface area contributed by atoms with Crippen LogP contribution in [0.1, 0.15) is 24.8 Å². The Hall–Kier alpha value is -1.88. The summed E-state index contributed by atoms with van der Waals surface area (Å²) in [5.41, 5.74) is 2.30. The van der Waals surface area contributed by atoms with E-state index < -0.39 is 0 Å². The molecule has 2 aromatic rings. The molecule has 0 aliphatic carbocycles. The maximum Gasteiger partial charge on any atom is 0.0729 e. The number of nitrogens with one attached hydrogen (secondary N) is 1. The molecule has 0 aromatic carbocycles. The standard InChI is InChI=1S/C16H23N5/c1-2-8-20(9-3-1)10-11-21-14-16(13-19-21)18-12-15-4-6-17-7-5-15/h4-7,13-14,18H,1-3,8-12H2. The lowest BCUT2D eigenvalue weighted by molar-refractivity contribution is 0.218. The fraction of sp³-hybridized carbons (Fsp3) is 0.500. The van der Waals surface area contributed by atoms with Crippen molar-refractivity contribution in [3.05, 3.63) is 42.5 Å². The van der Waals surface area contributed by atoms with Crippen molar-refractivity contribution in [1.29, 1.82) is 0 Å². The molecule has 5 heteroatoms. The van der Waals surface area contributed by atoms with Crippen molar-refractivity contribution in [3.8, 4) is 0 Å². The molecule has 0 saturated carbocycles. The Balaban J connectivity index is 1.45. The van der Waals surface area contributed by atoms with Crippen molar-refractivity contribution in [2.45, 2.75) is 32.4 Å². The van der Waals surface area contributed by atoms with Gasteiger partial charge < -0.3 is 10.2 Å². The molecule has 0 bridgehead atoms. The fourth-order valence-corrected chi connectivity index (χ4v) is 2.71. The third kappa shape index (κ3) is 4.29. The molecule has 0 radical (unpaired) electrons. The highest BCUT2D eigenvalue weighted by Gasteiger charge is 2.09. The Morgan fingerprint density at radius 2 is 1.86 bits per heavy atom. The minimum Gasteiger partial charge on any atom is -0.378 e. The second kappa shape index (κ2) is 7.22. The van der Waals surface area contributed by atoms with E-state index in [1.165, 1.54) is 37.9 Å². The van der Waals surface area contributed by atoms with Gasteiger partial charge in [0.1, 0.15) is 0 Å². The third-order valence-corrected chi connectivity index (χ3v) is 3.97. The minimum absolute atomic E-state index is 0.806. The second-order valence-corrected chi connectivity index (χ2v) is 5.60. The van der Waals surface area contributed by atoms with Gasteiger partial charge in [0.05, 0.1) is 18.4 Å². The predicted octanol–water partition coefficient (Wildman–Crippen LogP) is 2.38. The van der Waals surface area contributed by atoms with Crippen molar-refractivity contribution < 1.29 is 0 Å². The third-order valence-electron chi connectivity index (χ3n) is 3.97. The van der Waals surface area contributed by atoms with Crippen LogP contribution in [0.15, 0.2) is 36.9 Å². The van der Waals surface area contributed by atoms with E-state index in [0.717, 1.165) is 25.3 Å². The first kappa shape index (κ1) is 14.1. The van der Waals surface area contributed by atoms with Crippen LogP contribution in [0.4, 0.5) is 5.69 Å². The van der Waals surface area contributed by atoms with Crippen LogP contribution in [-0.2, 0) is 13.1 Å². The van der Waals surface area contributed by atoms with E-state index in [2.05, 4.69) is 26.5 Å². The van der Waals surface area contributed by atoms with E-state index >= 15 is 0 Å². The quantitative estimate of drug-likeness (QED) is 0.885. The first-order chi connectivity index (χ1) is 10.4. The lowest BCUT2D eigenvalue weighted by Gasteiger charge is -2.26. The van der Waals surface area contributed by atoms with Crippen molar-refractivity contribution in [1.82, 2.24) is 19.7 Å². The molecule has 1 aliphatic heterocycles. The van der Waals surface area contributed by atoms with Gasteiger partial charge in [0.2, 0.25) is 0 Å². The van der Waals surface area contributed by atoms with Crippen LogP contribution in [0.2, 0.25) is 0 Å². The highest BCUT2D eigenvalue weighted by Crippen LogP contribution is 2.10. The number of hydrogen-bond acceptors (Lipinski definition) is 4. The minimum atomic E-state index is 0.806. The molecule has 1 aliphatic rings. The molecule has 0 spiro atoms. The number of aromatic nitrogens is 3. The van der Waals surface area contributed by atoms with Gasteiger partial charge in [-0.25, -0.2) is 0 Å². The van der Waals surface area contributed by atoms with Gasteiger partial charge in [-0.15, -0.1) is 0 Å². The molecule has 0 amide bonds. The summed E-state index contributed by atoms with van der Waals surface area (Å²) in [5, 5.41) is 7.82. The van der Waals surface area contributed by atoms with E-state index in [1.807, 2.05) is 35.4 Å². The lowest BCUT2D eigenvalue weighted by Crippen LogP contribution is -2.32. The van der Waals surface area contributed by atoms with Crippen molar-refractivity contribution in [3.63, 3.8) is 0 Å². The first-order valence-corrected chi connectivity index (χ1v) is 7.78. The number of hydrogen-bond donors (Lipinski definition) is 1. The molecular formula is C16H23N5. The summed E-state index contributed by atoms with van der Waals surface area (Å²) < 4.78 is 2.03. The Bertz CT molecular complexity index is 531. The number of anilines is 1. The fourth-order valence-electron chi connectivity index (χ4n) is 2.71. The van der Waals surface area contributed by atoms with Gasteiger partial charge in [0, 0.05) is 31.7 Å². The first-order valence-electron chi connectivity index (χ1n) is 7.78. The summed E-state index contributed by atoms with van der Waals surface area (Å²) in [6.45, 7) is 5.37. The average molecular weight is 285 g/mol. The molecule has 0 atom stereocenters. The van der Waals surface area contributed by atoms with Crippen LogP contribution in [-0.4, -0.2) is 39.3 Å². The van der Waals surface area contributed by atoms with E-state index in [9.17, 15) is 0 Å². The van der Waals surface area contributed by atoms with Crippen LogP contribution >= 0.6 is 0 Å². The summed E-state index contributed by atoms with van der Waals surface area (Å²) in [5.74, 6) is 0. The monoisotopic (exact) mass is 285 g/mol. The molecular weight excluding hydrogens is 262 g/mol. The maximum absolute atomic E-state index is 4.43. The largest absolute Gasteiger partial charge is 0.378 e. The van der Waals surface area contributed by atoms with Gasteiger partial charge in [0.15, 0.2) is 0 Å². The summed E-state index contributed by atoms with van der Waals surface area (Å²) >= 11 is 0. The molecule has 1 saturated heterocycles. The lowest BCUT2D eigenvalue weighted by atomic mass is 10.1. The van der Waals surface area contributed by atoms with Crippen molar-refractivity contribution in [2.75, 3.05) is 25.0 Å². The zero-order chi connectivity index (χ0) is 14.3. The average Bonchev–Trinajstić information content (AvgIpc) is 3.01. The van der Waals surface area contributed by atoms with Gasteiger partial charge >= 0.3 is 0 Å². The van der Waals surface area contributed by atoms with Gasteiger partial charge in [-0.3, -0.25) is 9.67 Å². The normalized spacial score (nSPS) is 16.0. The highest BCUT2D eigenvalue weighted by molar-refractivity contribution is 5.38. The number of piperidine rings is 1. The summed E-state index contributed by atoms with van der Waals surface area (Å²) in [6, 6.07) is 4.04. The molecule has 3 rings (SSSR count). The van der Waals surface area contributed by atoms with Crippen LogP contribution in [0.25, 0.3) is 0 Å².